The fraction of sp³-hybridized carbons (Fsp3) is 0.571. The van der Waals surface area contributed by atoms with Crippen LogP contribution < -0.4 is 4.74 Å². The van der Waals surface area contributed by atoms with Crippen LogP contribution >= 0.6 is 0 Å². The predicted molar refractivity (Wildman–Crippen MR) is 65.7 cm³/mol. The first-order valence-electron chi connectivity index (χ1n) is 6.47. The Balaban J connectivity index is 1.77. The number of pyridine rings is 1. The molecule has 2 aliphatic heterocycles. The number of methoxy groups -OCH3 is 1. The first kappa shape index (κ1) is 11.7. The van der Waals surface area contributed by atoms with Gasteiger partial charge >= 0.3 is 0 Å². The largest absolute Gasteiger partial charge is 0.481 e. The molecule has 2 saturated heterocycles. The lowest BCUT2D eigenvalue weighted by Crippen LogP contribution is -2.30. The average molecular weight is 247 g/mol. The molecule has 4 heteroatoms. The number of Topliss-reactive ketones (excluding diaryl/α,β-unsaturated/α-hetero) is 1. The zero-order valence-corrected chi connectivity index (χ0v) is 10.5. The topological polar surface area (TPSA) is 48.4 Å². The smallest absolute Gasteiger partial charge is 0.213 e. The third-order valence-electron chi connectivity index (χ3n) is 3.85. The van der Waals surface area contributed by atoms with Crippen LogP contribution in [-0.2, 0) is 4.74 Å². The molecule has 1 aromatic rings. The molecular weight excluding hydrogens is 230 g/mol. The lowest BCUT2D eigenvalue weighted by molar-refractivity contribution is -0.0150. The molecule has 2 aliphatic rings. The Labute approximate surface area is 106 Å². The maximum Gasteiger partial charge on any atom is 0.213 e. The number of hydrogen-bond acceptors (Lipinski definition) is 4. The van der Waals surface area contributed by atoms with Gasteiger partial charge in [0.05, 0.1) is 19.3 Å². The van der Waals surface area contributed by atoms with Gasteiger partial charge in [-0.05, 0) is 31.7 Å². The second-order valence-corrected chi connectivity index (χ2v) is 5.06. The first-order chi connectivity index (χ1) is 8.76. The van der Waals surface area contributed by atoms with Gasteiger partial charge in [-0.15, -0.1) is 0 Å². The maximum absolute atomic E-state index is 12.4. The van der Waals surface area contributed by atoms with Crippen molar-refractivity contribution in [3.8, 4) is 5.88 Å². The van der Waals surface area contributed by atoms with Crippen molar-refractivity contribution in [3.63, 3.8) is 0 Å². The van der Waals surface area contributed by atoms with E-state index < -0.39 is 0 Å². The van der Waals surface area contributed by atoms with Crippen LogP contribution in [0.5, 0.6) is 5.88 Å². The number of hydrogen-bond donors (Lipinski definition) is 0. The molecule has 0 aromatic carbocycles. The van der Waals surface area contributed by atoms with Crippen molar-refractivity contribution in [3.05, 3.63) is 23.9 Å². The molecule has 96 valence electrons. The van der Waals surface area contributed by atoms with Crippen molar-refractivity contribution >= 4 is 5.78 Å². The van der Waals surface area contributed by atoms with Crippen LogP contribution in [0.3, 0.4) is 0 Å². The molecule has 0 aliphatic carbocycles. The summed E-state index contributed by atoms with van der Waals surface area (Å²) in [7, 11) is 1.56. The van der Waals surface area contributed by atoms with Gasteiger partial charge < -0.3 is 9.47 Å². The fourth-order valence-corrected chi connectivity index (χ4v) is 2.95. The SMILES string of the molecule is COc1cccc(C(=O)C2CC3CCC(C2)O3)n1. The van der Waals surface area contributed by atoms with E-state index in [2.05, 4.69) is 4.98 Å². The Kier molecular flexibility index (Phi) is 3.04. The molecule has 4 nitrogen and oxygen atoms in total. The number of carbonyl (C=O) groups excluding carboxylic acids is 1. The number of carbonyl (C=O) groups is 1. The molecule has 2 bridgehead atoms. The second-order valence-electron chi connectivity index (χ2n) is 5.06. The minimum Gasteiger partial charge on any atom is -0.481 e. The summed E-state index contributed by atoms with van der Waals surface area (Å²) in [6.45, 7) is 0. The number of ketones is 1. The maximum atomic E-state index is 12.4. The summed E-state index contributed by atoms with van der Waals surface area (Å²) in [6.07, 6.45) is 4.44. The molecule has 3 heterocycles. The Morgan fingerprint density at radius 2 is 2.06 bits per heavy atom. The van der Waals surface area contributed by atoms with Crippen LogP contribution in [0, 0.1) is 5.92 Å². The van der Waals surface area contributed by atoms with Crippen LogP contribution in [0.25, 0.3) is 0 Å². The minimum atomic E-state index is 0.0656. The zero-order chi connectivity index (χ0) is 12.5. The highest BCUT2D eigenvalue weighted by Crippen LogP contribution is 2.37. The number of fused-ring (bicyclic) bond motifs is 2. The first-order valence-corrected chi connectivity index (χ1v) is 6.47. The molecule has 2 atom stereocenters. The number of aromatic nitrogens is 1. The van der Waals surface area contributed by atoms with Crippen molar-refractivity contribution < 1.29 is 14.3 Å². The molecule has 0 spiro atoms. The van der Waals surface area contributed by atoms with Crippen molar-refractivity contribution in [2.45, 2.75) is 37.9 Å². The Bertz CT molecular complexity index is 448. The Morgan fingerprint density at radius 1 is 1.33 bits per heavy atom. The zero-order valence-electron chi connectivity index (χ0n) is 10.5. The summed E-state index contributed by atoms with van der Waals surface area (Å²) in [5, 5.41) is 0. The summed E-state index contributed by atoms with van der Waals surface area (Å²) in [4.78, 5) is 16.6. The van der Waals surface area contributed by atoms with E-state index in [1.54, 1.807) is 19.2 Å². The van der Waals surface area contributed by atoms with Gasteiger partial charge in [0.25, 0.3) is 0 Å². The van der Waals surface area contributed by atoms with Crippen LogP contribution in [0.2, 0.25) is 0 Å². The van der Waals surface area contributed by atoms with E-state index in [-0.39, 0.29) is 23.9 Å². The molecule has 0 saturated carbocycles. The van der Waals surface area contributed by atoms with Crippen LogP contribution in [0.1, 0.15) is 36.2 Å². The monoisotopic (exact) mass is 247 g/mol. The predicted octanol–water partition coefficient (Wildman–Crippen LogP) is 2.23. The average Bonchev–Trinajstić information content (AvgIpc) is 2.76. The third-order valence-corrected chi connectivity index (χ3v) is 3.85. The summed E-state index contributed by atoms with van der Waals surface area (Å²) in [5.74, 6) is 0.695. The molecule has 18 heavy (non-hydrogen) atoms. The Hall–Kier alpha value is -1.42. The van der Waals surface area contributed by atoms with Gasteiger partial charge in [-0.25, -0.2) is 4.98 Å². The van der Waals surface area contributed by atoms with E-state index in [9.17, 15) is 4.79 Å². The van der Waals surface area contributed by atoms with Gasteiger partial charge in [0.1, 0.15) is 5.69 Å². The van der Waals surface area contributed by atoms with E-state index in [4.69, 9.17) is 9.47 Å². The quantitative estimate of drug-likeness (QED) is 0.768. The lowest BCUT2D eigenvalue weighted by atomic mass is 9.90. The van der Waals surface area contributed by atoms with Gasteiger partial charge in [-0.2, -0.15) is 0 Å². The lowest BCUT2D eigenvalue weighted by Gasteiger charge is -2.27. The van der Waals surface area contributed by atoms with E-state index in [1.165, 1.54) is 0 Å². The Morgan fingerprint density at radius 3 is 2.72 bits per heavy atom. The minimum absolute atomic E-state index is 0.0656. The van der Waals surface area contributed by atoms with Crippen LogP contribution in [-0.4, -0.2) is 30.1 Å². The van der Waals surface area contributed by atoms with E-state index in [1.807, 2.05) is 6.07 Å². The van der Waals surface area contributed by atoms with E-state index >= 15 is 0 Å². The number of rotatable bonds is 3. The summed E-state index contributed by atoms with van der Waals surface area (Å²) >= 11 is 0. The van der Waals surface area contributed by atoms with E-state index in [0.717, 1.165) is 25.7 Å². The molecular formula is C14H17NO3. The van der Waals surface area contributed by atoms with Crippen LogP contribution in [0.4, 0.5) is 0 Å². The highest BCUT2D eigenvalue weighted by atomic mass is 16.5. The summed E-state index contributed by atoms with van der Waals surface area (Å²) < 4.78 is 10.8. The van der Waals surface area contributed by atoms with Gasteiger partial charge in [-0.3, -0.25) is 4.79 Å². The molecule has 0 radical (unpaired) electrons. The van der Waals surface area contributed by atoms with Gasteiger partial charge in [0.2, 0.25) is 5.88 Å². The summed E-state index contributed by atoms with van der Waals surface area (Å²) in [6, 6.07) is 5.33. The van der Waals surface area contributed by atoms with E-state index in [0.29, 0.717) is 11.6 Å². The van der Waals surface area contributed by atoms with Gasteiger partial charge in [0.15, 0.2) is 5.78 Å². The molecule has 3 rings (SSSR count). The molecule has 1 aromatic heterocycles. The highest BCUT2D eigenvalue weighted by Gasteiger charge is 2.38. The van der Waals surface area contributed by atoms with Crippen molar-refractivity contribution in [2.75, 3.05) is 7.11 Å². The van der Waals surface area contributed by atoms with Crippen molar-refractivity contribution in [1.82, 2.24) is 4.98 Å². The summed E-state index contributed by atoms with van der Waals surface area (Å²) in [5.41, 5.74) is 0.514. The van der Waals surface area contributed by atoms with Crippen LogP contribution in [0.15, 0.2) is 18.2 Å². The number of ether oxygens (including phenoxy) is 2. The molecule has 0 N–H and O–H groups in total. The molecule has 0 amide bonds. The fourth-order valence-electron chi connectivity index (χ4n) is 2.95. The second kappa shape index (κ2) is 4.69. The number of nitrogens with zero attached hydrogens (tertiary/aromatic N) is 1. The normalized spacial score (nSPS) is 30.2. The van der Waals surface area contributed by atoms with Gasteiger partial charge in [0, 0.05) is 12.0 Å². The molecule has 2 unspecified atom stereocenters. The standard InChI is InChI=1S/C14H17NO3/c1-17-13-4-2-3-12(15-13)14(16)9-7-10-5-6-11(8-9)18-10/h2-4,9-11H,5-8H2,1H3. The molecule has 2 fully saturated rings. The highest BCUT2D eigenvalue weighted by molar-refractivity contribution is 5.96. The van der Waals surface area contributed by atoms with Crippen molar-refractivity contribution in [1.29, 1.82) is 0 Å². The van der Waals surface area contributed by atoms with Gasteiger partial charge in [-0.1, -0.05) is 6.07 Å². The van der Waals surface area contributed by atoms with Crippen molar-refractivity contribution in [2.24, 2.45) is 5.92 Å². The third kappa shape index (κ3) is 2.12.